The van der Waals surface area contributed by atoms with Crippen molar-refractivity contribution in [2.45, 2.75) is 25.6 Å². The zero-order valence-corrected chi connectivity index (χ0v) is 11.4. The number of hydrogen-bond acceptors (Lipinski definition) is 5. The number of nitrogens with one attached hydrogen (secondary N) is 1. The van der Waals surface area contributed by atoms with E-state index in [1.165, 1.54) is 18.3 Å². The second-order valence-electron chi connectivity index (χ2n) is 4.30. The van der Waals surface area contributed by atoms with Crippen molar-refractivity contribution >= 4 is 27.5 Å². The molecule has 6 heteroatoms. The zero-order valence-electron chi connectivity index (χ0n) is 10.5. The number of carbonyl (C=O) groups is 1. The Morgan fingerprint density at radius 3 is 2.84 bits per heavy atom. The summed E-state index contributed by atoms with van der Waals surface area (Å²) < 4.78 is 0.977. The van der Waals surface area contributed by atoms with E-state index in [9.17, 15) is 15.0 Å². The lowest BCUT2D eigenvalue weighted by molar-refractivity contribution is -0.119. The molecule has 0 fully saturated rings. The Kier molecular flexibility index (Phi) is 4.47. The third kappa shape index (κ3) is 3.50. The average molecular weight is 280 g/mol. The number of rotatable bonds is 5. The summed E-state index contributed by atoms with van der Waals surface area (Å²) in [6.07, 6.45) is -1.67. The van der Waals surface area contributed by atoms with Crippen LogP contribution in [0.2, 0.25) is 0 Å². The molecule has 2 aromatic rings. The summed E-state index contributed by atoms with van der Waals surface area (Å²) in [5.41, 5.74) is 0.815. The molecule has 0 spiro atoms. The van der Waals surface area contributed by atoms with Gasteiger partial charge in [0.25, 0.3) is 0 Å². The summed E-state index contributed by atoms with van der Waals surface area (Å²) in [6.45, 7) is 1.74. The lowest BCUT2D eigenvalue weighted by Crippen LogP contribution is -2.27. The molecular formula is C13H16N2O3S. The lowest BCUT2D eigenvalue weighted by atomic mass is 10.1. The van der Waals surface area contributed by atoms with Crippen LogP contribution in [0.1, 0.15) is 24.5 Å². The predicted octanol–water partition coefficient (Wildman–Crippen LogP) is 1.22. The minimum Gasteiger partial charge on any atom is -0.390 e. The molecule has 102 valence electrons. The molecule has 1 amide bonds. The number of para-hydroxylation sites is 1. The van der Waals surface area contributed by atoms with E-state index in [0.29, 0.717) is 11.6 Å². The van der Waals surface area contributed by atoms with Gasteiger partial charge >= 0.3 is 0 Å². The predicted molar refractivity (Wildman–Crippen MR) is 73.9 cm³/mol. The number of aromatic nitrogens is 1. The van der Waals surface area contributed by atoms with Gasteiger partial charge in [-0.25, -0.2) is 4.98 Å². The number of hydrogen-bond donors (Lipinski definition) is 3. The highest BCUT2D eigenvalue weighted by atomic mass is 32.1. The van der Waals surface area contributed by atoms with Gasteiger partial charge in [0.15, 0.2) is 0 Å². The van der Waals surface area contributed by atoms with Crippen molar-refractivity contribution in [3.8, 4) is 0 Å². The third-order valence-electron chi connectivity index (χ3n) is 2.74. The van der Waals surface area contributed by atoms with Crippen molar-refractivity contribution in [1.29, 1.82) is 0 Å². The molecule has 19 heavy (non-hydrogen) atoms. The Bertz CT molecular complexity index is 537. The average Bonchev–Trinajstić information content (AvgIpc) is 2.80. The first kappa shape index (κ1) is 13.9. The van der Waals surface area contributed by atoms with Crippen LogP contribution in [-0.4, -0.2) is 33.8 Å². The maximum absolute atomic E-state index is 10.7. The van der Waals surface area contributed by atoms with Crippen LogP contribution in [0.3, 0.4) is 0 Å². The van der Waals surface area contributed by atoms with Crippen LogP contribution in [-0.2, 0) is 4.79 Å². The van der Waals surface area contributed by atoms with Crippen LogP contribution >= 0.6 is 11.3 Å². The number of carbonyl (C=O) groups excluding carboxylic acids is 1. The molecule has 3 N–H and O–H groups in total. The molecule has 2 atom stereocenters. The number of fused-ring (bicyclic) bond motifs is 1. The quantitative estimate of drug-likeness (QED) is 0.769. The molecular weight excluding hydrogens is 264 g/mol. The standard InChI is InChI=1S/C13H16N2O3S/c1-8(16)14-7-6-10(17)12(18)13-15-9-4-2-3-5-11(9)19-13/h2-5,10,12,17-18H,6-7H2,1H3,(H,14,16). The van der Waals surface area contributed by atoms with Crippen LogP contribution in [0.5, 0.6) is 0 Å². The van der Waals surface area contributed by atoms with E-state index in [1.807, 2.05) is 24.3 Å². The smallest absolute Gasteiger partial charge is 0.216 e. The van der Waals surface area contributed by atoms with Gasteiger partial charge in [-0.2, -0.15) is 0 Å². The van der Waals surface area contributed by atoms with Crippen molar-refractivity contribution in [3.05, 3.63) is 29.3 Å². The van der Waals surface area contributed by atoms with Crippen LogP contribution in [0, 0.1) is 0 Å². The van der Waals surface area contributed by atoms with E-state index >= 15 is 0 Å². The number of benzene rings is 1. The van der Waals surface area contributed by atoms with Crippen molar-refractivity contribution in [2.75, 3.05) is 6.54 Å². The van der Waals surface area contributed by atoms with Gasteiger partial charge in [-0.1, -0.05) is 12.1 Å². The van der Waals surface area contributed by atoms with E-state index in [2.05, 4.69) is 10.3 Å². The van der Waals surface area contributed by atoms with E-state index in [4.69, 9.17) is 0 Å². The molecule has 0 aliphatic rings. The van der Waals surface area contributed by atoms with Crippen LogP contribution in [0.15, 0.2) is 24.3 Å². The molecule has 1 heterocycles. The molecule has 0 aliphatic heterocycles. The van der Waals surface area contributed by atoms with Gasteiger partial charge in [-0.3, -0.25) is 4.79 Å². The highest BCUT2D eigenvalue weighted by Gasteiger charge is 2.21. The Hall–Kier alpha value is -1.50. The fraction of sp³-hybridized carbons (Fsp3) is 0.385. The monoisotopic (exact) mass is 280 g/mol. The first-order chi connectivity index (χ1) is 9.08. The summed E-state index contributed by atoms with van der Waals surface area (Å²) in [5, 5.41) is 23.0. The van der Waals surface area contributed by atoms with Gasteiger partial charge in [0.05, 0.1) is 16.3 Å². The summed E-state index contributed by atoms with van der Waals surface area (Å²) in [4.78, 5) is 15.0. The summed E-state index contributed by atoms with van der Waals surface area (Å²) in [5.74, 6) is -0.151. The van der Waals surface area contributed by atoms with Crippen molar-refractivity contribution in [2.24, 2.45) is 0 Å². The zero-order chi connectivity index (χ0) is 13.8. The highest BCUT2D eigenvalue weighted by Crippen LogP contribution is 2.28. The minimum absolute atomic E-state index is 0.151. The second kappa shape index (κ2) is 6.10. The lowest BCUT2D eigenvalue weighted by Gasteiger charge is -2.15. The maximum Gasteiger partial charge on any atom is 0.216 e. The fourth-order valence-electron chi connectivity index (χ4n) is 1.74. The highest BCUT2D eigenvalue weighted by molar-refractivity contribution is 7.18. The van der Waals surface area contributed by atoms with Crippen LogP contribution < -0.4 is 5.32 Å². The van der Waals surface area contributed by atoms with Gasteiger partial charge in [0, 0.05) is 13.5 Å². The summed E-state index contributed by atoms with van der Waals surface area (Å²) >= 11 is 1.37. The first-order valence-corrected chi connectivity index (χ1v) is 6.85. The number of aliphatic hydroxyl groups excluding tert-OH is 2. The number of thiazole rings is 1. The fourth-order valence-corrected chi connectivity index (χ4v) is 2.75. The normalized spacial score (nSPS) is 14.3. The van der Waals surface area contributed by atoms with Gasteiger partial charge in [-0.15, -0.1) is 11.3 Å². The summed E-state index contributed by atoms with van der Waals surface area (Å²) in [6, 6.07) is 7.58. The van der Waals surface area contributed by atoms with Crippen molar-refractivity contribution < 1.29 is 15.0 Å². The first-order valence-electron chi connectivity index (χ1n) is 6.04. The molecule has 0 radical (unpaired) electrons. The van der Waals surface area contributed by atoms with Gasteiger partial charge in [-0.05, 0) is 18.6 Å². The van der Waals surface area contributed by atoms with E-state index in [1.54, 1.807) is 0 Å². The second-order valence-corrected chi connectivity index (χ2v) is 5.37. The topological polar surface area (TPSA) is 82.5 Å². The molecule has 0 saturated carbocycles. The Morgan fingerprint density at radius 1 is 1.42 bits per heavy atom. The molecule has 0 saturated heterocycles. The molecule has 5 nitrogen and oxygen atoms in total. The van der Waals surface area contributed by atoms with Crippen LogP contribution in [0.25, 0.3) is 10.2 Å². The molecule has 0 bridgehead atoms. The number of amides is 1. The van der Waals surface area contributed by atoms with Gasteiger partial charge in [0.2, 0.25) is 5.91 Å². The Balaban J connectivity index is 2.01. The van der Waals surface area contributed by atoms with E-state index in [-0.39, 0.29) is 12.3 Å². The number of aliphatic hydroxyl groups is 2. The van der Waals surface area contributed by atoms with E-state index < -0.39 is 12.2 Å². The molecule has 2 unspecified atom stereocenters. The van der Waals surface area contributed by atoms with Crippen molar-refractivity contribution in [3.63, 3.8) is 0 Å². The van der Waals surface area contributed by atoms with Crippen molar-refractivity contribution in [1.82, 2.24) is 10.3 Å². The SMILES string of the molecule is CC(=O)NCCC(O)C(O)c1nc2ccccc2s1. The Labute approximate surface area is 114 Å². The van der Waals surface area contributed by atoms with Crippen LogP contribution in [0.4, 0.5) is 0 Å². The third-order valence-corrected chi connectivity index (χ3v) is 3.85. The summed E-state index contributed by atoms with van der Waals surface area (Å²) in [7, 11) is 0. The molecule has 1 aromatic carbocycles. The number of nitrogens with zero attached hydrogens (tertiary/aromatic N) is 1. The maximum atomic E-state index is 10.7. The Morgan fingerprint density at radius 2 is 2.16 bits per heavy atom. The largest absolute Gasteiger partial charge is 0.390 e. The molecule has 2 rings (SSSR count). The van der Waals surface area contributed by atoms with E-state index in [0.717, 1.165) is 10.2 Å². The van der Waals surface area contributed by atoms with Gasteiger partial charge < -0.3 is 15.5 Å². The minimum atomic E-state index is -1.02. The molecule has 1 aromatic heterocycles. The molecule has 0 aliphatic carbocycles. The van der Waals surface area contributed by atoms with Gasteiger partial charge in [0.1, 0.15) is 11.1 Å².